The minimum absolute atomic E-state index is 0.220. The highest BCUT2D eigenvalue weighted by Gasteiger charge is 2.41. The van der Waals surface area contributed by atoms with E-state index in [2.05, 4.69) is 30.3 Å². The quantitative estimate of drug-likeness (QED) is 0.757. The first-order valence-electron chi connectivity index (χ1n) is 8.12. The molecule has 1 heteroatoms. The lowest BCUT2D eigenvalue weighted by molar-refractivity contribution is -0.122. The van der Waals surface area contributed by atoms with Crippen molar-refractivity contribution < 1.29 is 4.79 Å². The van der Waals surface area contributed by atoms with Gasteiger partial charge in [0.1, 0.15) is 0 Å². The van der Waals surface area contributed by atoms with E-state index in [-0.39, 0.29) is 5.41 Å². The van der Waals surface area contributed by atoms with Crippen LogP contribution in [0.4, 0.5) is 0 Å². The Morgan fingerprint density at radius 3 is 2.30 bits per heavy atom. The zero-order valence-electron chi connectivity index (χ0n) is 12.2. The predicted octanol–water partition coefficient (Wildman–Crippen LogP) is 4.96. The van der Waals surface area contributed by atoms with E-state index < -0.39 is 0 Å². The fourth-order valence-electron chi connectivity index (χ4n) is 3.91. The molecule has 2 aliphatic carbocycles. The first kappa shape index (κ1) is 13.6. The third-order valence-electron chi connectivity index (χ3n) is 5.05. The Kier molecular flexibility index (Phi) is 4.05. The fourth-order valence-corrected chi connectivity index (χ4v) is 3.91. The van der Waals surface area contributed by atoms with Crippen LogP contribution in [0.5, 0.6) is 0 Å². The normalized spacial score (nSPS) is 22.1. The zero-order chi connectivity index (χ0) is 13.8. The number of carbonyl (C=O) groups excluding carboxylic acids is 1. The van der Waals surface area contributed by atoms with Gasteiger partial charge in [-0.2, -0.15) is 0 Å². The summed E-state index contributed by atoms with van der Waals surface area (Å²) < 4.78 is 0. The smallest absolute Gasteiger partial charge is 0.169 e. The fraction of sp³-hybridized carbons (Fsp3) is 0.526. The summed E-state index contributed by atoms with van der Waals surface area (Å²) in [7, 11) is 0. The maximum atomic E-state index is 13.2. The Morgan fingerprint density at radius 1 is 0.900 bits per heavy atom. The molecule has 0 atom stereocenters. The standard InChI is InChI=1S/C19H24O/c20-18(16-10-4-1-5-11-16)19(14-8-3-9-15-19)17-12-6-2-7-13-17/h2,6-7,10,12-13H,1,3-5,8-9,11,14-15H2. The summed E-state index contributed by atoms with van der Waals surface area (Å²) in [5.41, 5.74) is 2.14. The summed E-state index contributed by atoms with van der Waals surface area (Å²) in [5, 5.41) is 0. The number of hydrogen-bond acceptors (Lipinski definition) is 1. The molecule has 3 rings (SSSR count). The highest BCUT2D eigenvalue weighted by atomic mass is 16.1. The van der Waals surface area contributed by atoms with Gasteiger partial charge in [-0.1, -0.05) is 55.7 Å². The maximum Gasteiger partial charge on any atom is 0.169 e. The Balaban J connectivity index is 1.97. The van der Waals surface area contributed by atoms with E-state index in [1.807, 2.05) is 6.07 Å². The molecule has 0 amide bonds. The Hall–Kier alpha value is -1.37. The lowest BCUT2D eigenvalue weighted by Crippen LogP contribution is -2.39. The monoisotopic (exact) mass is 268 g/mol. The van der Waals surface area contributed by atoms with Crippen LogP contribution < -0.4 is 0 Å². The van der Waals surface area contributed by atoms with E-state index in [1.165, 1.54) is 37.7 Å². The van der Waals surface area contributed by atoms with Gasteiger partial charge in [0.25, 0.3) is 0 Å². The molecule has 1 aromatic carbocycles. The number of benzene rings is 1. The third kappa shape index (κ3) is 2.46. The van der Waals surface area contributed by atoms with Crippen LogP contribution in [0.2, 0.25) is 0 Å². The Morgan fingerprint density at radius 2 is 1.65 bits per heavy atom. The minimum Gasteiger partial charge on any atom is -0.294 e. The Labute approximate surface area is 122 Å². The van der Waals surface area contributed by atoms with Gasteiger partial charge in [0.05, 0.1) is 5.41 Å². The van der Waals surface area contributed by atoms with Crippen molar-refractivity contribution in [3.05, 3.63) is 47.5 Å². The average molecular weight is 268 g/mol. The molecule has 0 unspecified atom stereocenters. The second-order valence-electron chi connectivity index (χ2n) is 6.31. The van der Waals surface area contributed by atoms with Crippen LogP contribution in [0.25, 0.3) is 0 Å². The summed E-state index contributed by atoms with van der Waals surface area (Å²) in [4.78, 5) is 13.2. The number of carbonyl (C=O) groups is 1. The zero-order valence-corrected chi connectivity index (χ0v) is 12.2. The molecular formula is C19H24O. The molecule has 0 N–H and O–H groups in total. The summed E-state index contributed by atoms with van der Waals surface area (Å²) in [6.45, 7) is 0. The summed E-state index contributed by atoms with van der Waals surface area (Å²) in [5.74, 6) is 0.433. The molecule has 20 heavy (non-hydrogen) atoms. The van der Waals surface area contributed by atoms with Crippen molar-refractivity contribution in [3.8, 4) is 0 Å². The van der Waals surface area contributed by atoms with Crippen LogP contribution in [-0.2, 0) is 10.2 Å². The molecule has 0 heterocycles. The molecule has 0 aromatic heterocycles. The van der Waals surface area contributed by atoms with Gasteiger partial charge < -0.3 is 0 Å². The number of allylic oxidation sites excluding steroid dienone is 2. The van der Waals surface area contributed by atoms with E-state index >= 15 is 0 Å². The molecule has 1 saturated carbocycles. The van der Waals surface area contributed by atoms with Crippen molar-refractivity contribution in [2.75, 3.05) is 0 Å². The number of rotatable bonds is 3. The molecule has 0 aliphatic heterocycles. The molecule has 106 valence electrons. The first-order valence-corrected chi connectivity index (χ1v) is 8.12. The molecule has 2 aliphatic rings. The maximum absolute atomic E-state index is 13.2. The number of ketones is 1. The van der Waals surface area contributed by atoms with Crippen LogP contribution >= 0.6 is 0 Å². The summed E-state index contributed by atoms with van der Waals surface area (Å²) in [6.07, 6.45) is 12.4. The van der Waals surface area contributed by atoms with Gasteiger partial charge in [0.15, 0.2) is 5.78 Å². The van der Waals surface area contributed by atoms with Gasteiger partial charge in [-0.05, 0) is 49.7 Å². The van der Waals surface area contributed by atoms with Gasteiger partial charge >= 0.3 is 0 Å². The van der Waals surface area contributed by atoms with E-state index in [9.17, 15) is 4.79 Å². The molecule has 0 spiro atoms. The van der Waals surface area contributed by atoms with Crippen LogP contribution in [0.3, 0.4) is 0 Å². The van der Waals surface area contributed by atoms with E-state index in [0.29, 0.717) is 5.78 Å². The van der Waals surface area contributed by atoms with Gasteiger partial charge in [-0.25, -0.2) is 0 Å². The van der Waals surface area contributed by atoms with Crippen molar-refractivity contribution in [3.63, 3.8) is 0 Å². The molecule has 0 radical (unpaired) electrons. The average Bonchev–Trinajstić information content (AvgIpc) is 2.56. The minimum atomic E-state index is -0.220. The topological polar surface area (TPSA) is 17.1 Å². The molecule has 0 saturated heterocycles. The van der Waals surface area contributed by atoms with Crippen LogP contribution in [0, 0.1) is 0 Å². The van der Waals surface area contributed by atoms with Crippen molar-refractivity contribution in [1.82, 2.24) is 0 Å². The van der Waals surface area contributed by atoms with E-state index in [4.69, 9.17) is 0 Å². The van der Waals surface area contributed by atoms with Crippen LogP contribution in [-0.4, -0.2) is 5.78 Å². The van der Waals surface area contributed by atoms with Crippen molar-refractivity contribution in [2.24, 2.45) is 0 Å². The second kappa shape index (κ2) is 5.95. The molecular weight excluding hydrogens is 244 g/mol. The summed E-state index contributed by atoms with van der Waals surface area (Å²) >= 11 is 0. The van der Waals surface area contributed by atoms with Gasteiger partial charge in [0.2, 0.25) is 0 Å². The van der Waals surface area contributed by atoms with Gasteiger partial charge in [0, 0.05) is 0 Å². The van der Waals surface area contributed by atoms with E-state index in [1.54, 1.807) is 0 Å². The van der Waals surface area contributed by atoms with Crippen LogP contribution in [0.15, 0.2) is 42.0 Å². The molecule has 0 bridgehead atoms. The van der Waals surface area contributed by atoms with Crippen molar-refractivity contribution in [2.45, 2.75) is 63.2 Å². The predicted molar refractivity (Wildman–Crippen MR) is 82.8 cm³/mol. The van der Waals surface area contributed by atoms with E-state index in [0.717, 1.165) is 31.3 Å². The van der Waals surface area contributed by atoms with Crippen molar-refractivity contribution >= 4 is 5.78 Å². The van der Waals surface area contributed by atoms with Gasteiger partial charge in [-0.15, -0.1) is 0 Å². The Bertz CT molecular complexity index is 492. The summed E-state index contributed by atoms with van der Waals surface area (Å²) in [6, 6.07) is 10.5. The molecule has 1 nitrogen and oxygen atoms in total. The number of hydrogen-bond donors (Lipinski definition) is 0. The molecule has 1 aromatic rings. The first-order chi connectivity index (χ1) is 9.83. The van der Waals surface area contributed by atoms with Crippen LogP contribution in [0.1, 0.15) is 63.4 Å². The lowest BCUT2D eigenvalue weighted by atomic mass is 9.64. The largest absolute Gasteiger partial charge is 0.294 e. The third-order valence-corrected chi connectivity index (χ3v) is 5.05. The van der Waals surface area contributed by atoms with Gasteiger partial charge in [-0.3, -0.25) is 4.79 Å². The number of Topliss-reactive ketones (excluding diaryl/α,β-unsaturated/α-hetero) is 1. The highest BCUT2D eigenvalue weighted by Crippen LogP contribution is 2.43. The second-order valence-corrected chi connectivity index (χ2v) is 6.31. The lowest BCUT2D eigenvalue weighted by Gasteiger charge is -2.37. The molecule has 1 fully saturated rings. The highest BCUT2D eigenvalue weighted by molar-refractivity contribution is 6.03. The SMILES string of the molecule is O=C(C1=CCCCC1)C1(c2ccccc2)CCCCC1. The van der Waals surface area contributed by atoms with Crippen molar-refractivity contribution in [1.29, 1.82) is 0 Å².